The van der Waals surface area contributed by atoms with Crippen molar-refractivity contribution in [2.75, 3.05) is 0 Å². The monoisotopic (exact) mass is 120 g/mol. The minimum absolute atomic E-state index is 1.31. The Balaban J connectivity index is 2.29. The van der Waals surface area contributed by atoms with Crippen molar-refractivity contribution in [3.8, 4) is 0 Å². The summed E-state index contributed by atoms with van der Waals surface area (Å²) in [6.07, 6.45) is 11.5. The van der Waals surface area contributed by atoms with E-state index >= 15 is 0 Å². The third-order valence-corrected chi connectivity index (χ3v) is 2.22. The minimum atomic E-state index is 1.31. The van der Waals surface area contributed by atoms with Crippen molar-refractivity contribution < 1.29 is 0 Å². The lowest BCUT2D eigenvalue weighted by molar-refractivity contribution is 0.717. The first-order valence-electron chi connectivity index (χ1n) is 3.83. The molecule has 0 fully saturated rings. The van der Waals surface area contributed by atoms with E-state index < -0.39 is 0 Å². The molecule has 0 saturated carbocycles. The molecule has 0 aromatic carbocycles. The SMILES string of the molecule is C1=C2C=C(CC1)CCC2. The highest BCUT2D eigenvalue weighted by Crippen LogP contribution is 2.29. The van der Waals surface area contributed by atoms with Gasteiger partial charge >= 0.3 is 0 Å². The molecule has 2 bridgehead atoms. The van der Waals surface area contributed by atoms with Gasteiger partial charge in [-0.3, -0.25) is 0 Å². The lowest BCUT2D eigenvalue weighted by atomic mass is 9.88. The van der Waals surface area contributed by atoms with E-state index in [0.717, 1.165) is 0 Å². The number of hydrogen-bond acceptors (Lipinski definition) is 0. The molecule has 0 spiro atoms. The number of fused-ring (bicyclic) bond motifs is 1. The summed E-state index contributed by atoms with van der Waals surface area (Å²) in [4.78, 5) is 0. The molecule has 0 amide bonds. The first-order valence-corrected chi connectivity index (χ1v) is 3.83. The quantitative estimate of drug-likeness (QED) is 0.461. The third kappa shape index (κ3) is 0.937. The maximum Gasteiger partial charge on any atom is -0.0279 e. The number of hydrogen-bond donors (Lipinski definition) is 0. The summed E-state index contributed by atoms with van der Waals surface area (Å²) in [5, 5.41) is 0. The fraction of sp³-hybridized carbons (Fsp3) is 0.556. The molecule has 0 atom stereocenters. The molecule has 2 rings (SSSR count). The Bertz CT molecular complexity index is 172. The van der Waals surface area contributed by atoms with Gasteiger partial charge in [-0.15, -0.1) is 0 Å². The summed E-state index contributed by atoms with van der Waals surface area (Å²) in [6.45, 7) is 0. The molecule has 0 aliphatic heterocycles. The Hall–Kier alpha value is -0.520. The lowest BCUT2D eigenvalue weighted by Gasteiger charge is -2.18. The predicted octanol–water partition coefficient (Wildman–Crippen LogP) is 2.82. The van der Waals surface area contributed by atoms with Gasteiger partial charge in [0.15, 0.2) is 0 Å². The summed E-state index contributed by atoms with van der Waals surface area (Å²) >= 11 is 0. The molecule has 2 aliphatic carbocycles. The zero-order valence-corrected chi connectivity index (χ0v) is 5.69. The highest BCUT2D eigenvalue weighted by Gasteiger charge is 2.09. The van der Waals surface area contributed by atoms with E-state index in [1.807, 2.05) is 0 Å². The highest BCUT2D eigenvalue weighted by atomic mass is 14.2. The van der Waals surface area contributed by atoms with Gasteiger partial charge in [0.2, 0.25) is 0 Å². The van der Waals surface area contributed by atoms with Crippen molar-refractivity contribution in [3.05, 3.63) is 23.3 Å². The molecular formula is C9H12. The summed E-state index contributed by atoms with van der Waals surface area (Å²) in [5.41, 5.74) is 3.29. The van der Waals surface area contributed by atoms with Crippen molar-refractivity contribution >= 4 is 0 Å². The van der Waals surface area contributed by atoms with Crippen LogP contribution in [0.4, 0.5) is 0 Å². The molecule has 0 heteroatoms. The fourth-order valence-electron chi connectivity index (χ4n) is 1.73. The molecule has 9 heavy (non-hydrogen) atoms. The topological polar surface area (TPSA) is 0 Å². The van der Waals surface area contributed by atoms with Crippen molar-refractivity contribution in [1.82, 2.24) is 0 Å². The number of rotatable bonds is 0. The van der Waals surface area contributed by atoms with E-state index in [1.54, 1.807) is 11.1 Å². The summed E-state index contributed by atoms with van der Waals surface area (Å²) in [6, 6.07) is 0. The van der Waals surface area contributed by atoms with Crippen LogP contribution in [0, 0.1) is 0 Å². The molecule has 48 valence electrons. The van der Waals surface area contributed by atoms with Gasteiger partial charge in [0.05, 0.1) is 0 Å². The molecule has 0 aromatic heterocycles. The first kappa shape index (κ1) is 5.28. The van der Waals surface area contributed by atoms with Crippen LogP contribution in [-0.2, 0) is 0 Å². The largest absolute Gasteiger partial charge is 0.0810 e. The Morgan fingerprint density at radius 3 is 2.89 bits per heavy atom. The van der Waals surface area contributed by atoms with Crippen LogP contribution in [0.1, 0.15) is 32.1 Å². The fourth-order valence-corrected chi connectivity index (χ4v) is 1.73. The number of allylic oxidation sites excluding steroid dienone is 4. The van der Waals surface area contributed by atoms with Gasteiger partial charge in [-0.2, -0.15) is 0 Å². The van der Waals surface area contributed by atoms with Crippen molar-refractivity contribution in [1.29, 1.82) is 0 Å². The normalized spacial score (nSPS) is 24.9. The molecule has 2 aliphatic rings. The molecule has 0 nitrogen and oxygen atoms in total. The molecular weight excluding hydrogens is 108 g/mol. The lowest BCUT2D eigenvalue weighted by Crippen LogP contribution is -1.98. The maximum absolute atomic E-state index is 2.40. The smallest absolute Gasteiger partial charge is 0.0279 e. The maximum atomic E-state index is 2.40. The Morgan fingerprint density at radius 2 is 2.11 bits per heavy atom. The standard InChI is InChI=1S/C9H12/c1-3-8-5-2-6-9(4-1)7-8/h3,7H,1-2,4-6H2. The Labute approximate surface area is 56.3 Å². The van der Waals surface area contributed by atoms with Gasteiger partial charge in [-0.25, -0.2) is 0 Å². The van der Waals surface area contributed by atoms with Crippen molar-refractivity contribution in [2.24, 2.45) is 0 Å². The van der Waals surface area contributed by atoms with Crippen LogP contribution in [0.5, 0.6) is 0 Å². The zero-order chi connectivity index (χ0) is 6.10. The van der Waals surface area contributed by atoms with E-state index in [1.165, 1.54) is 32.1 Å². The third-order valence-electron chi connectivity index (χ3n) is 2.22. The van der Waals surface area contributed by atoms with Crippen LogP contribution in [0.3, 0.4) is 0 Å². The first-order chi connectivity index (χ1) is 4.45. The second kappa shape index (κ2) is 2.02. The van der Waals surface area contributed by atoms with Gasteiger partial charge < -0.3 is 0 Å². The van der Waals surface area contributed by atoms with Crippen LogP contribution >= 0.6 is 0 Å². The zero-order valence-electron chi connectivity index (χ0n) is 5.69. The summed E-state index contributed by atoms with van der Waals surface area (Å²) < 4.78 is 0. The Kier molecular flexibility index (Phi) is 1.18. The van der Waals surface area contributed by atoms with Gasteiger partial charge in [-0.05, 0) is 32.1 Å². The highest BCUT2D eigenvalue weighted by molar-refractivity contribution is 5.30. The average molecular weight is 120 g/mol. The molecule has 0 aromatic rings. The second-order valence-electron chi connectivity index (χ2n) is 2.97. The van der Waals surface area contributed by atoms with Gasteiger partial charge in [0, 0.05) is 0 Å². The van der Waals surface area contributed by atoms with Crippen LogP contribution in [-0.4, -0.2) is 0 Å². The molecule has 0 unspecified atom stereocenters. The second-order valence-corrected chi connectivity index (χ2v) is 2.97. The average Bonchev–Trinajstić information content (AvgIpc) is 1.88. The van der Waals surface area contributed by atoms with E-state index in [4.69, 9.17) is 0 Å². The summed E-state index contributed by atoms with van der Waals surface area (Å²) in [5.74, 6) is 0. The van der Waals surface area contributed by atoms with Crippen molar-refractivity contribution in [3.63, 3.8) is 0 Å². The molecule has 0 saturated heterocycles. The van der Waals surface area contributed by atoms with Crippen molar-refractivity contribution in [2.45, 2.75) is 32.1 Å². The molecule has 0 radical (unpaired) electrons. The van der Waals surface area contributed by atoms with E-state index in [-0.39, 0.29) is 0 Å². The Morgan fingerprint density at radius 1 is 1.11 bits per heavy atom. The summed E-state index contributed by atoms with van der Waals surface area (Å²) in [7, 11) is 0. The van der Waals surface area contributed by atoms with Gasteiger partial charge in [0.25, 0.3) is 0 Å². The van der Waals surface area contributed by atoms with E-state index in [9.17, 15) is 0 Å². The minimum Gasteiger partial charge on any atom is -0.0810 e. The predicted molar refractivity (Wildman–Crippen MR) is 39.3 cm³/mol. The molecule has 0 heterocycles. The van der Waals surface area contributed by atoms with Crippen LogP contribution in [0.15, 0.2) is 23.3 Å². The van der Waals surface area contributed by atoms with Crippen LogP contribution in [0.25, 0.3) is 0 Å². The van der Waals surface area contributed by atoms with E-state index in [0.29, 0.717) is 0 Å². The van der Waals surface area contributed by atoms with Gasteiger partial charge in [-0.1, -0.05) is 23.3 Å². The van der Waals surface area contributed by atoms with Gasteiger partial charge in [0.1, 0.15) is 0 Å². The molecule has 0 N–H and O–H groups in total. The van der Waals surface area contributed by atoms with E-state index in [2.05, 4.69) is 12.2 Å². The van der Waals surface area contributed by atoms with Crippen LogP contribution < -0.4 is 0 Å². The van der Waals surface area contributed by atoms with Crippen LogP contribution in [0.2, 0.25) is 0 Å².